The molecule has 0 N–H and O–H groups in total. The molecule has 0 aliphatic carbocycles. The second kappa shape index (κ2) is 9.07. The van der Waals surface area contributed by atoms with Crippen molar-refractivity contribution in [1.29, 1.82) is 0 Å². The predicted octanol–water partition coefficient (Wildman–Crippen LogP) is 4.89. The number of carbonyl (C=O) groups excluding carboxylic acids is 1. The maximum absolute atomic E-state index is 12.1. The largest absolute Gasteiger partial charge is 0.466 e. The number of esters is 1. The van der Waals surface area contributed by atoms with Gasteiger partial charge in [-0.3, -0.25) is 0 Å². The molecule has 0 spiro atoms. The van der Waals surface area contributed by atoms with Gasteiger partial charge in [0.15, 0.2) is 0 Å². The SMILES string of the molecule is COC(=O)C(=Cc1ccc(C(C)C)cc1)CCN(C)c1ccccc1. The van der Waals surface area contributed by atoms with Gasteiger partial charge in [-0.1, -0.05) is 56.3 Å². The first kappa shape index (κ1) is 18.8. The molecule has 132 valence electrons. The van der Waals surface area contributed by atoms with E-state index in [-0.39, 0.29) is 5.97 Å². The van der Waals surface area contributed by atoms with Crippen LogP contribution in [0.4, 0.5) is 5.69 Å². The number of benzene rings is 2. The van der Waals surface area contributed by atoms with Crippen LogP contribution in [0.5, 0.6) is 0 Å². The first-order chi connectivity index (χ1) is 12.0. The number of carbonyl (C=O) groups is 1. The minimum atomic E-state index is -0.269. The van der Waals surface area contributed by atoms with Crippen LogP contribution in [0.3, 0.4) is 0 Å². The third-order valence-electron chi connectivity index (χ3n) is 4.31. The molecule has 0 amide bonds. The van der Waals surface area contributed by atoms with Gasteiger partial charge in [-0.2, -0.15) is 0 Å². The van der Waals surface area contributed by atoms with Gasteiger partial charge in [0.05, 0.1) is 7.11 Å². The van der Waals surface area contributed by atoms with Gasteiger partial charge in [-0.25, -0.2) is 4.79 Å². The van der Waals surface area contributed by atoms with Gasteiger partial charge in [0.1, 0.15) is 0 Å². The van der Waals surface area contributed by atoms with Crippen molar-refractivity contribution in [1.82, 2.24) is 0 Å². The first-order valence-electron chi connectivity index (χ1n) is 8.66. The van der Waals surface area contributed by atoms with Crippen molar-refractivity contribution in [2.24, 2.45) is 0 Å². The zero-order valence-corrected chi connectivity index (χ0v) is 15.5. The van der Waals surface area contributed by atoms with Gasteiger partial charge in [0, 0.05) is 24.9 Å². The summed E-state index contributed by atoms with van der Waals surface area (Å²) >= 11 is 0. The topological polar surface area (TPSA) is 29.5 Å². The van der Waals surface area contributed by atoms with Crippen LogP contribution < -0.4 is 4.90 Å². The Morgan fingerprint density at radius 1 is 1.08 bits per heavy atom. The molecule has 0 atom stereocenters. The Balaban J connectivity index is 2.11. The molecule has 0 saturated heterocycles. The van der Waals surface area contributed by atoms with E-state index in [2.05, 4.69) is 55.1 Å². The molecule has 0 fully saturated rings. The van der Waals surface area contributed by atoms with Crippen molar-refractivity contribution in [3.8, 4) is 0 Å². The molecular weight excluding hydrogens is 310 g/mol. The van der Waals surface area contributed by atoms with E-state index in [1.807, 2.05) is 31.3 Å². The van der Waals surface area contributed by atoms with Gasteiger partial charge < -0.3 is 9.64 Å². The number of rotatable bonds is 7. The Bertz CT molecular complexity index is 703. The molecule has 0 aliphatic heterocycles. The molecule has 0 saturated carbocycles. The van der Waals surface area contributed by atoms with E-state index in [4.69, 9.17) is 4.74 Å². The van der Waals surface area contributed by atoms with Crippen LogP contribution in [-0.4, -0.2) is 26.7 Å². The number of hydrogen-bond donors (Lipinski definition) is 0. The smallest absolute Gasteiger partial charge is 0.333 e. The zero-order chi connectivity index (χ0) is 18.2. The summed E-state index contributed by atoms with van der Waals surface area (Å²) in [5.74, 6) is 0.229. The normalized spacial score (nSPS) is 11.5. The predicted molar refractivity (Wildman–Crippen MR) is 105 cm³/mol. The van der Waals surface area contributed by atoms with Gasteiger partial charge in [0.2, 0.25) is 0 Å². The molecule has 0 heterocycles. The van der Waals surface area contributed by atoms with E-state index in [1.54, 1.807) is 0 Å². The summed E-state index contributed by atoms with van der Waals surface area (Å²) in [6.45, 7) is 5.09. The third-order valence-corrected chi connectivity index (χ3v) is 4.31. The fourth-order valence-corrected chi connectivity index (χ4v) is 2.64. The average Bonchev–Trinajstić information content (AvgIpc) is 2.65. The summed E-state index contributed by atoms with van der Waals surface area (Å²) in [4.78, 5) is 14.3. The molecule has 3 nitrogen and oxygen atoms in total. The van der Waals surface area contributed by atoms with E-state index in [0.29, 0.717) is 17.9 Å². The van der Waals surface area contributed by atoms with Crippen LogP contribution in [0, 0.1) is 0 Å². The second-order valence-electron chi connectivity index (χ2n) is 6.49. The molecular formula is C22H27NO2. The maximum atomic E-state index is 12.1. The lowest BCUT2D eigenvalue weighted by Crippen LogP contribution is -2.20. The summed E-state index contributed by atoms with van der Waals surface area (Å²) in [5, 5.41) is 0. The highest BCUT2D eigenvalue weighted by atomic mass is 16.5. The highest BCUT2D eigenvalue weighted by Gasteiger charge is 2.11. The number of methoxy groups -OCH3 is 1. The summed E-state index contributed by atoms with van der Waals surface area (Å²) < 4.78 is 4.96. The minimum Gasteiger partial charge on any atom is -0.466 e. The molecule has 2 rings (SSSR count). The fourth-order valence-electron chi connectivity index (χ4n) is 2.64. The highest BCUT2D eigenvalue weighted by molar-refractivity contribution is 5.93. The summed E-state index contributed by atoms with van der Waals surface area (Å²) in [5.41, 5.74) is 4.13. The Hall–Kier alpha value is -2.55. The number of para-hydroxylation sites is 1. The van der Waals surface area contributed by atoms with Crippen LogP contribution >= 0.6 is 0 Å². The minimum absolute atomic E-state index is 0.269. The van der Waals surface area contributed by atoms with Crippen LogP contribution in [0.1, 0.15) is 37.3 Å². The first-order valence-corrected chi connectivity index (χ1v) is 8.66. The van der Waals surface area contributed by atoms with Crippen molar-refractivity contribution in [3.05, 3.63) is 71.3 Å². The highest BCUT2D eigenvalue weighted by Crippen LogP contribution is 2.19. The molecule has 2 aromatic carbocycles. The molecule has 0 bridgehead atoms. The van der Waals surface area contributed by atoms with Crippen LogP contribution in [-0.2, 0) is 9.53 Å². The van der Waals surface area contributed by atoms with E-state index < -0.39 is 0 Å². The van der Waals surface area contributed by atoms with Crippen molar-refractivity contribution in [2.75, 3.05) is 25.6 Å². The molecule has 25 heavy (non-hydrogen) atoms. The second-order valence-corrected chi connectivity index (χ2v) is 6.49. The summed E-state index contributed by atoms with van der Waals surface area (Å²) in [6, 6.07) is 18.5. The number of anilines is 1. The third kappa shape index (κ3) is 5.49. The lowest BCUT2D eigenvalue weighted by atomic mass is 10.0. The number of nitrogens with zero attached hydrogens (tertiary/aromatic N) is 1. The van der Waals surface area contributed by atoms with Crippen LogP contribution in [0.15, 0.2) is 60.2 Å². The summed E-state index contributed by atoms with van der Waals surface area (Å²) in [7, 11) is 3.46. The molecule has 0 aromatic heterocycles. The lowest BCUT2D eigenvalue weighted by Gasteiger charge is -2.19. The fraction of sp³-hybridized carbons (Fsp3) is 0.318. The van der Waals surface area contributed by atoms with Crippen molar-refractivity contribution in [2.45, 2.75) is 26.2 Å². The number of hydrogen-bond acceptors (Lipinski definition) is 3. The van der Waals surface area contributed by atoms with E-state index >= 15 is 0 Å². The standard InChI is InChI=1S/C22H27NO2/c1-17(2)19-12-10-18(11-13-19)16-20(22(24)25-4)14-15-23(3)21-8-6-5-7-9-21/h5-13,16-17H,14-15H2,1-4H3. The van der Waals surface area contributed by atoms with Gasteiger partial charge in [-0.15, -0.1) is 0 Å². The summed E-state index contributed by atoms with van der Waals surface area (Å²) in [6.07, 6.45) is 2.55. The molecule has 0 aliphatic rings. The lowest BCUT2D eigenvalue weighted by molar-refractivity contribution is -0.136. The Kier molecular flexibility index (Phi) is 6.81. The van der Waals surface area contributed by atoms with E-state index in [1.165, 1.54) is 12.7 Å². The van der Waals surface area contributed by atoms with Crippen molar-refractivity contribution < 1.29 is 9.53 Å². The molecule has 0 radical (unpaired) electrons. The van der Waals surface area contributed by atoms with Crippen LogP contribution in [0.2, 0.25) is 0 Å². The van der Waals surface area contributed by atoms with Gasteiger partial charge in [0.25, 0.3) is 0 Å². The molecule has 0 unspecified atom stereocenters. The number of ether oxygens (including phenoxy) is 1. The average molecular weight is 337 g/mol. The quantitative estimate of drug-likeness (QED) is 0.532. The zero-order valence-electron chi connectivity index (χ0n) is 15.5. The monoisotopic (exact) mass is 337 g/mol. The Morgan fingerprint density at radius 2 is 1.72 bits per heavy atom. The van der Waals surface area contributed by atoms with Gasteiger partial charge in [-0.05, 0) is 41.7 Å². The van der Waals surface area contributed by atoms with E-state index in [0.717, 1.165) is 17.8 Å². The van der Waals surface area contributed by atoms with Gasteiger partial charge >= 0.3 is 5.97 Å². The Morgan fingerprint density at radius 3 is 2.28 bits per heavy atom. The molecule has 2 aromatic rings. The van der Waals surface area contributed by atoms with Crippen LogP contribution in [0.25, 0.3) is 6.08 Å². The Labute approximate surface area is 150 Å². The van der Waals surface area contributed by atoms with Crippen molar-refractivity contribution >= 4 is 17.7 Å². The van der Waals surface area contributed by atoms with Crippen molar-refractivity contribution in [3.63, 3.8) is 0 Å². The maximum Gasteiger partial charge on any atom is 0.333 e. The van der Waals surface area contributed by atoms with E-state index in [9.17, 15) is 4.79 Å². The molecule has 3 heteroatoms.